The van der Waals surface area contributed by atoms with Crippen LogP contribution in [0.4, 0.5) is 4.39 Å². The Bertz CT molecular complexity index is 1630. The van der Waals surface area contributed by atoms with Gasteiger partial charge in [-0.3, -0.25) is 19.0 Å². The maximum absolute atomic E-state index is 12.8. The average Bonchev–Trinajstić information content (AvgIpc) is 3.48. The molecule has 0 radical (unpaired) electrons. The van der Waals surface area contributed by atoms with Gasteiger partial charge in [-0.25, -0.2) is 14.6 Å². The van der Waals surface area contributed by atoms with Gasteiger partial charge in [0, 0.05) is 17.4 Å². The van der Waals surface area contributed by atoms with Crippen molar-refractivity contribution in [2.24, 2.45) is 0 Å². The van der Waals surface area contributed by atoms with E-state index in [1.807, 2.05) is 24.3 Å². The summed E-state index contributed by atoms with van der Waals surface area (Å²) in [6, 6.07) is 13.5. The summed E-state index contributed by atoms with van der Waals surface area (Å²) in [5.41, 5.74) is 1.94. The maximum Gasteiger partial charge on any atom is 0.278 e. The number of aromatic nitrogens is 10. The monoisotopic (exact) mass is 506 g/mol. The summed E-state index contributed by atoms with van der Waals surface area (Å²) in [7, 11) is 0. The summed E-state index contributed by atoms with van der Waals surface area (Å²) in [4.78, 5) is 22.9. The highest BCUT2D eigenvalue weighted by Crippen LogP contribution is 2.11. The topological polar surface area (TPSA) is 153 Å². The van der Waals surface area contributed by atoms with Gasteiger partial charge in [0.1, 0.15) is 16.6 Å². The second-order valence-corrected chi connectivity index (χ2v) is 8.10. The molecule has 6 rings (SSSR count). The first-order valence-electron chi connectivity index (χ1n) is 10.5. The molecule has 0 bridgehead atoms. The van der Waals surface area contributed by atoms with Crippen LogP contribution < -0.4 is 11.1 Å². The van der Waals surface area contributed by atoms with E-state index in [4.69, 9.17) is 11.6 Å². The van der Waals surface area contributed by atoms with Crippen molar-refractivity contribution in [2.45, 2.75) is 13.1 Å². The van der Waals surface area contributed by atoms with Crippen LogP contribution in [-0.4, -0.2) is 50.4 Å². The fraction of sp³-hybridized carbons (Fsp3) is 0.0909. The van der Waals surface area contributed by atoms with Crippen molar-refractivity contribution < 1.29 is 4.39 Å². The molecule has 0 fully saturated rings. The molecule has 36 heavy (non-hydrogen) atoms. The number of nitrogens with zero attached hydrogens (tertiary/aromatic N) is 8. The molecule has 0 unspecified atom stereocenters. The molecule has 0 saturated carbocycles. The Morgan fingerprint density at radius 3 is 1.61 bits per heavy atom. The van der Waals surface area contributed by atoms with Crippen molar-refractivity contribution in [3.63, 3.8) is 0 Å². The van der Waals surface area contributed by atoms with Crippen LogP contribution in [0.25, 0.3) is 22.1 Å². The number of halogens is 2. The normalized spacial score (nSPS) is 10.9. The molecule has 12 nitrogen and oxygen atoms in total. The summed E-state index contributed by atoms with van der Waals surface area (Å²) >= 11 is 5.81. The third-order valence-electron chi connectivity index (χ3n) is 5.08. The van der Waals surface area contributed by atoms with E-state index in [9.17, 15) is 14.0 Å². The van der Waals surface area contributed by atoms with E-state index >= 15 is 0 Å². The molecule has 2 N–H and O–H groups in total. The average molecular weight is 507 g/mol. The maximum atomic E-state index is 12.8. The molecular formula is C22H16ClFN10O2. The minimum absolute atomic E-state index is 0.285. The summed E-state index contributed by atoms with van der Waals surface area (Å²) < 4.78 is 16.0. The van der Waals surface area contributed by atoms with Gasteiger partial charge in [-0.1, -0.05) is 46.3 Å². The number of H-pyrrole nitrogens is 2. The molecule has 0 amide bonds. The highest BCUT2D eigenvalue weighted by atomic mass is 35.5. The van der Waals surface area contributed by atoms with Gasteiger partial charge in [-0.05, 0) is 35.4 Å². The second-order valence-electron chi connectivity index (χ2n) is 7.66. The molecule has 0 atom stereocenters. The van der Waals surface area contributed by atoms with Gasteiger partial charge in [0.25, 0.3) is 11.1 Å². The Labute approximate surface area is 205 Å². The predicted molar refractivity (Wildman–Crippen MR) is 128 cm³/mol. The van der Waals surface area contributed by atoms with Gasteiger partial charge in [0.2, 0.25) is 11.3 Å². The lowest BCUT2D eigenvalue weighted by Gasteiger charge is -2.00. The van der Waals surface area contributed by atoms with Crippen molar-refractivity contribution >= 4 is 33.7 Å². The SMILES string of the molecule is O=c1[nH]nnc2nn(Cc3ccc(Cl)cc3)cc12.O=c1[nH]nnc2nn(Cc3ccc(F)cc3)cc12. The Balaban J connectivity index is 0.000000148. The van der Waals surface area contributed by atoms with Crippen LogP contribution in [0.5, 0.6) is 0 Å². The molecule has 0 saturated heterocycles. The number of hydrogen-bond acceptors (Lipinski definition) is 8. The van der Waals surface area contributed by atoms with Crippen molar-refractivity contribution in [1.29, 1.82) is 0 Å². The summed E-state index contributed by atoms with van der Waals surface area (Å²) in [5.74, 6) is -0.285. The number of benzene rings is 2. The lowest BCUT2D eigenvalue weighted by Crippen LogP contribution is -2.08. The van der Waals surface area contributed by atoms with Gasteiger partial charge in [0.15, 0.2) is 0 Å². The number of rotatable bonds is 4. The fourth-order valence-corrected chi connectivity index (χ4v) is 3.49. The van der Waals surface area contributed by atoms with Crippen LogP contribution in [0.15, 0.2) is 70.5 Å². The lowest BCUT2D eigenvalue weighted by molar-refractivity contribution is 0.624. The fourth-order valence-electron chi connectivity index (χ4n) is 3.36. The zero-order chi connectivity index (χ0) is 25.1. The molecule has 0 spiro atoms. The number of fused-ring (bicyclic) bond motifs is 2. The van der Waals surface area contributed by atoms with Gasteiger partial charge in [-0.2, -0.15) is 0 Å². The molecule has 4 heterocycles. The molecule has 14 heteroatoms. The minimum atomic E-state index is -0.328. The zero-order valence-corrected chi connectivity index (χ0v) is 19.1. The predicted octanol–water partition coefficient (Wildman–Crippen LogP) is 1.92. The van der Waals surface area contributed by atoms with Gasteiger partial charge >= 0.3 is 0 Å². The van der Waals surface area contributed by atoms with Crippen molar-refractivity contribution in [3.8, 4) is 0 Å². The van der Waals surface area contributed by atoms with E-state index in [0.29, 0.717) is 40.2 Å². The first-order valence-corrected chi connectivity index (χ1v) is 10.9. The van der Waals surface area contributed by atoms with Crippen LogP contribution in [-0.2, 0) is 13.1 Å². The smallest absolute Gasteiger partial charge is 0.267 e. The van der Waals surface area contributed by atoms with E-state index in [2.05, 4.69) is 41.0 Å². The third-order valence-corrected chi connectivity index (χ3v) is 5.33. The molecular weight excluding hydrogens is 491 g/mol. The molecule has 4 aromatic heterocycles. The summed E-state index contributed by atoms with van der Waals surface area (Å²) in [5, 5.41) is 28.7. The standard InChI is InChI=1S/C11H8ClN5O.C11H8FN5O/c2*12-8-3-1-7(2-4-8)5-17-6-9-10(15-17)13-16-14-11(9)18/h2*1-4,6H,5H2,(H,13,14,15,18). The first kappa shape index (κ1) is 23.0. The van der Waals surface area contributed by atoms with Gasteiger partial charge < -0.3 is 0 Å². The first-order chi connectivity index (χ1) is 17.4. The van der Waals surface area contributed by atoms with E-state index in [-0.39, 0.29) is 16.9 Å². The third kappa shape index (κ3) is 5.15. The molecule has 0 aliphatic heterocycles. The lowest BCUT2D eigenvalue weighted by atomic mass is 10.2. The second kappa shape index (κ2) is 9.84. The summed E-state index contributed by atoms with van der Waals surface area (Å²) in [6.45, 7) is 0.989. The minimum Gasteiger partial charge on any atom is -0.267 e. The molecule has 2 aromatic carbocycles. The number of hydrogen-bond donors (Lipinski definition) is 2. The largest absolute Gasteiger partial charge is 0.278 e. The quantitative estimate of drug-likeness (QED) is 0.367. The number of nitrogens with one attached hydrogen (secondary N) is 2. The van der Waals surface area contributed by atoms with E-state index in [1.54, 1.807) is 33.9 Å². The summed E-state index contributed by atoms with van der Waals surface area (Å²) in [6.07, 6.45) is 3.24. The Morgan fingerprint density at radius 1 is 0.722 bits per heavy atom. The highest BCUT2D eigenvalue weighted by molar-refractivity contribution is 6.30. The van der Waals surface area contributed by atoms with E-state index in [0.717, 1.165) is 11.1 Å². The van der Waals surface area contributed by atoms with Crippen molar-refractivity contribution in [3.05, 3.63) is 104 Å². The molecule has 0 aliphatic rings. The van der Waals surface area contributed by atoms with Crippen LogP contribution >= 0.6 is 11.6 Å². The van der Waals surface area contributed by atoms with Gasteiger partial charge in [-0.15, -0.1) is 20.4 Å². The Kier molecular flexibility index (Phi) is 6.28. The Hall–Kier alpha value is -4.78. The molecule has 0 aliphatic carbocycles. The van der Waals surface area contributed by atoms with Gasteiger partial charge in [0.05, 0.1) is 13.1 Å². The highest BCUT2D eigenvalue weighted by Gasteiger charge is 2.07. The van der Waals surface area contributed by atoms with Crippen molar-refractivity contribution in [1.82, 2.24) is 50.4 Å². The Morgan fingerprint density at radius 2 is 1.17 bits per heavy atom. The van der Waals surface area contributed by atoms with Crippen LogP contribution in [0, 0.1) is 5.82 Å². The van der Waals surface area contributed by atoms with Crippen LogP contribution in [0.3, 0.4) is 0 Å². The van der Waals surface area contributed by atoms with Crippen molar-refractivity contribution in [2.75, 3.05) is 0 Å². The number of aromatic amines is 2. The molecule has 6 aromatic rings. The van der Waals surface area contributed by atoms with Crippen LogP contribution in [0.1, 0.15) is 11.1 Å². The van der Waals surface area contributed by atoms with E-state index < -0.39 is 0 Å². The molecule has 180 valence electrons. The van der Waals surface area contributed by atoms with Crippen LogP contribution in [0.2, 0.25) is 5.02 Å². The van der Waals surface area contributed by atoms with E-state index in [1.165, 1.54) is 12.1 Å². The zero-order valence-electron chi connectivity index (χ0n) is 18.3.